The van der Waals surface area contributed by atoms with Crippen molar-refractivity contribution in [1.29, 1.82) is 0 Å². The third kappa shape index (κ3) is 5.26. The van der Waals surface area contributed by atoms with Gasteiger partial charge in [-0.3, -0.25) is 0 Å². The topological polar surface area (TPSA) is 46.2 Å². The van der Waals surface area contributed by atoms with Crippen molar-refractivity contribution < 1.29 is 8.42 Å². The predicted molar refractivity (Wildman–Crippen MR) is 94.8 cm³/mol. The third-order valence-corrected chi connectivity index (χ3v) is 7.05. The average Bonchev–Trinajstić information content (AvgIpc) is 2.91. The van der Waals surface area contributed by atoms with Crippen LogP contribution in [0, 0.1) is 0 Å². The van der Waals surface area contributed by atoms with Gasteiger partial charge in [0.15, 0.2) is 0 Å². The van der Waals surface area contributed by atoms with Crippen molar-refractivity contribution in [3.63, 3.8) is 0 Å². The minimum absolute atomic E-state index is 0.107. The van der Waals surface area contributed by atoms with E-state index < -0.39 is 10.0 Å². The van der Waals surface area contributed by atoms with E-state index in [0.29, 0.717) is 12.3 Å². The van der Waals surface area contributed by atoms with Crippen LogP contribution in [0.25, 0.3) is 0 Å². The first-order valence-corrected chi connectivity index (χ1v) is 10.7. The van der Waals surface area contributed by atoms with Gasteiger partial charge in [0, 0.05) is 27.4 Å². The number of benzene rings is 1. The Hall–Kier alpha value is -0.0500. The van der Waals surface area contributed by atoms with Crippen LogP contribution in [0.15, 0.2) is 45.1 Å². The van der Waals surface area contributed by atoms with Crippen LogP contribution >= 0.6 is 50.6 Å². The number of halogens is 2. The minimum atomic E-state index is -3.56. The molecule has 0 fully saturated rings. The second-order valence-electron chi connectivity index (χ2n) is 4.10. The molecule has 1 aromatic carbocycles. The highest BCUT2D eigenvalue weighted by molar-refractivity contribution is 9.10. The van der Waals surface area contributed by atoms with Crippen molar-refractivity contribution in [2.75, 3.05) is 12.3 Å². The van der Waals surface area contributed by atoms with Gasteiger partial charge in [-0.05, 0) is 29.6 Å². The van der Waals surface area contributed by atoms with Crippen LogP contribution < -0.4 is 4.72 Å². The lowest BCUT2D eigenvalue weighted by Gasteiger charge is -2.08. The molecule has 2 rings (SSSR count). The second-order valence-corrected chi connectivity index (χ2v) is 9.30. The molecule has 0 amide bonds. The lowest BCUT2D eigenvalue weighted by atomic mass is 10.4. The maximum absolute atomic E-state index is 12.1. The summed E-state index contributed by atoms with van der Waals surface area (Å²) in [5.41, 5.74) is 0. The summed E-state index contributed by atoms with van der Waals surface area (Å²) in [6, 6.07) is 8.81. The van der Waals surface area contributed by atoms with Gasteiger partial charge < -0.3 is 0 Å². The van der Waals surface area contributed by atoms with Crippen LogP contribution in [0.1, 0.15) is 4.88 Å². The molecule has 0 atom stereocenters. The normalized spacial score (nSPS) is 11.7. The molecule has 0 aliphatic heterocycles. The molecule has 0 unspecified atom stereocenters. The summed E-state index contributed by atoms with van der Waals surface area (Å²) in [5.74, 6) is 1.61. The monoisotopic (exact) mass is 425 g/mol. The molecule has 0 aliphatic rings. The third-order valence-electron chi connectivity index (χ3n) is 2.55. The first-order chi connectivity index (χ1) is 9.99. The van der Waals surface area contributed by atoms with Crippen molar-refractivity contribution in [3.05, 3.63) is 50.1 Å². The summed E-state index contributed by atoms with van der Waals surface area (Å²) in [6.07, 6.45) is 0. The Morgan fingerprint density at radius 2 is 2.14 bits per heavy atom. The summed E-state index contributed by atoms with van der Waals surface area (Å²) < 4.78 is 27.6. The Morgan fingerprint density at radius 3 is 2.81 bits per heavy atom. The maximum atomic E-state index is 12.1. The van der Waals surface area contributed by atoms with Crippen molar-refractivity contribution in [1.82, 2.24) is 4.72 Å². The van der Waals surface area contributed by atoms with Crippen LogP contribution in [0.5, 0.6) is 0 Å². The molecule has 3 nitrogen and oxygen atoms in total. The number of thioether (sulfide) groups is 1. The quantitative estimate of drug-likeness (QED) is 0.668. The van der Waals surface area contributed by atoms with Gasteiger partial charge in [0.05, 0.1) is 5.02 Å². The molecular weight excluding hydrogens is 414 g/mol. The Morgan fingerprint density at radius 1 is 1.33 bits per heavy atom. The summed E-state index contributed by atoms with van der Waals surface area (Å²) in [6.45, 7) is 0.380. The van der Waals surface area contributed by atoms with E-state index in [1.165, 1.54) is 10.9 Å². The number of sulfonamides is 1. The van der Waals surface area contributed by atoms with Gasteiger partial charge in [-0.15, -0.1) is 11.3 Å². The number of rotatable bonds is 7. The van der Waals surface area contributed by atoms with E-state index >= 15 is 0 Å². The molecule has 0 bridgehead atoms. The highest BCUT2D eigenvalue weighted by atomic mass is 79.9. The molecule has 8 heteroatoms. The van der Waals surface area contributed by atoms with Crippen molar-refractivity contribution in [2.45, 2.75) is 10.6 Å². The van der Waals surface area contributed by atoms with Crippen molar-refractivity contribution in [2.24, 2.45) is 0 Å². The zero-order valence-corrected chi connectivity index (χ0v) is 15.7. The lowest BCUT2D eigenvalue weighted by molar-refractivity contribution is 0.584. The Kier molecular flexibility index (Phi) is 6.58. The van der Waals surface area contributed by atoms with Crippen LogP contribution in [-0.2, 0) is 15.8 Å². The Balaban J connectivity index is 1.84. The van der Waals surface area contributed by atoms with Crippen molar-refractivity contribution >= 4 is 60.7 Å². The smallest absolute Gasteiger partial charge is 0.210 e. The van der Waals surface area contributed by atoms with E-state index in [9.17, 15) is 8.42 Å². The fourth-order valence-corrected chi connectivity index (χ4v) is 5.48. The molecule has 0 aliphatic carbocycles. The average molecular weight is 427 g/mol. The summed E-state index contributed by atoms with van der Waals surface area (Å²) >= 11 is 12.6. The molecule has 21 heavy (non-hydrogen) atoms. The molecule has 1 heterocycles. The van der Waals surface area contributed by atoms with Gasteiger partial charge in [0.1, 0.15) is 4.90 Å². The fraction of sp³-hybridized carbons (Fsp3) is 0.231. The molecule has 114 valence electrons. The van der Waals surface area contributed by atoms with Gasteiger partial charge in [-0.1, -0.05) is 33.6 Å². The van der Waals surface area contributed by atoms with E-state index in [-0.39, 0.29) is 9.92 Å². The van der Waals surface area contributed by atoms with E-state index in [1.54, 1.807) is 35.2 Å². The first kappa shape index (κ1) is 17.3. The van der Waals surface area contributed by atoms with Gasteiger partial charge in [0.2, 0.25) is 10.0 Å². The molecule has 0 saturated carbocycles. The molecule has 1 N–H and O–H groups in total. The number of thiophene rings is 1. The lowest BCUT2D eigenvalue weighted by Crippen LogP contribution is -2.26. The van der Waals surface area contributed by atoms with Gasteiger partial charge in [-0.25, -0.2) is 13.1 Å². The minimum Gasteiger partial charge on any atom is -0.210 e. The molecule has 2 aromatic rings. The van der Waals surface area contributed by atoms with Crippen LogP contribution in [0.3, 0.4) is 0 Å². The van der Waals surface area contributed by atoms with Crippen LogP contribution in [-0.4, -0.2) is 20.7 Å². The molecule has 0 spiro atoms. The van der Waals surface area contributed by atoms with E-state index in [2.05, 4.69) is 26.7 Å². The van der Waals surface area contributed by atoms with E-state index in [1.807, 2.05) is 11.4 Å². The fourth-order valence-electron chi connectivity index (χ4n) is 1.59. The van der Waals surface area contributed by atoms with Gasteiger partial charge >= 0.3 is 0 Å². The highest BCUT2D eigenvalue weighted by Crippen LogP contribution is 2.25. The van der Waals surface area contributed by atoms with Crippen molar-refractivity contribution in [3.8, 4) is 0 Å². The zero-order chi connectivity index (χ0) is 15.3. The largest absolute Gasteiger partial charge is 0.242 e. The van der Waals surface area contributed by atoms with E-state index in [4.69, 9.17) is 11.6 Å². The SMILES string of the molecule is O=S(=O)(NCCSCc1cccs1)c1ccc(Br)cc1Cl. The van der Waals surface area contributed by atoms with Gasteiger partial charge in [0.25, 0.3) is 0 Å². The standard InChI is InChI=1S/C13H13BrClNO2S3/c14-10-3-4-13(12(15)8-10)21(17,18)16-5-7-19-9-11-2-1-6-20-11/h1-4,6,8,16H,5,7,9H2. The molecule has 1 aromatic heterocycles. The highest BCUT2D eigenvalue weighted by Gasteiger charge is 2.17. The predicted octanol–water partition coefficient (Wildman–Crippen LogP) is 4.38. The second kappa shape index (κ2) is 7.99. The number of nitrogens with one attached hydrogen (secondary N) is 1. The van der Waals surface area contributed by atoms with Gasteiger partial charge in [-0.2, -0.15) is 11.8 Å². The Labute approximate surface area is 146 Å². The molecule has 0 saturated heterocycles. The molecule has 0 radical (unpaired) electrons. The Bertz CT molecular complexity index is 689. The number of hydrogen-bond donors (Lipinski definition) is 1. The zero-order valence-electron chi connectivity index (χ0n) is 10.9. The summed E-state index contributed by atoms with van der Waals surface area (Å²) in [7, 11) is -3.56. The molecular formula is C13H13BrClNO2S3. The first-order valence-electron chi connectivity index (χ1n) is 6.04. The van der Waals surface area contributed by atoms with E-state index in [0.717, 1.165) is 10.2 Å². The van der Waals surface area contributed by atoms with Crippen LogP contribution in [0.4, 0.5) is 0 Å². The summed E-state index contributed by atoms with van der Waals surface area (Å²) in [4.78, 5) is 1.40. The maximum Gasteiger partial charge on any atom is 0.242 e. The summed E-state index contributed by atoms with van der Waals surface area (Å²) in [5, 5.41) is 2.25. The number of hydrogen-bond acceptors (Lipinski definition) is 4. The van der Waals surface area contributed by atoms with Crippen LogP contribution in [0.2, 0.25) is 5.02 Å².